The number of aryl methyl sites for hydroxylation is 1. The number of β-amino-alcohol motifs (C(OH)–C–C–N with tert-alkyl or cyclic N) is 1. The van der Waals surface area contributed by atoms with Crippen LogP contribution in [0.5, 0.6) is 11.5 Å². The highest BCUT2D eigenvalue weighted by Gasteiger charge is 2.16. The number of benzene rings is 2. The predicted molar refractivity (Wildman–Crippen MR) is 120 cm³/mol. The van der Waals surface area contributed by atoms with Gasteiger partial charge in [-0.15, -0.1) is 0 Å². The molecule has 29 heavy (non-hydrogen) atoms. The zero-order valence-corrected chi connectivity index (χ0v) is 18.2. The van der Waals surface area contributed by atoms with E-state index in [1.165, 1.54) is 11.1 Å². The van der Waals surface area contributed by atoms with Gasteiger partial charge in [-0.05, 0) is 30.2 Å². The molecule has 0 spiro atoms. The highest BCUT2D eigenvalue weighted by molar-refractivity contribution is 7.99. The minimum atomic E-state index is -0.501. The van der Waals surface area contributed by atoms with E-state index < -0.39 is 6.10 Å². The van der Waals surface area contributed by atoms with Crippen molar-refractivity contribution in [3.8, 4) is 11.5 Å². The van der Waals surface area contributed by atoms with Crippen molar-refractivity contribution in [2.45, 2.75) is 26.1 Å². The summed E-state index contributed by atoms with van der Waals surface area (Å²) >= 11 is 1.97. The van der Waals surface area contributed by atoms with Crippen LogP contribution in [-0.2, 0) is 13.1 Å². The third kappa shape index (κ3) is 7.23. The molecule has 0 aromatic heterocycles. The number of aliphatic hydroxyl groups excluding tert-OH is 1. The Morgan fingerprint density at radius 2 is 1.83 bits per heavy atom. The Morgan fingerprint density at radius 1 is 1.07 bits per heavy atom. The Kier molecular flexibility index (Phi) is 8.68. The van der Waals surface area contributed by atoms with Gasteiger partial charge in [0.05, 0.1) is 7.11 Å². The summed E-state index contributed by atoms with van der Waals surface area (Å²) in [5, 5.41) is 13.8. The first kappa shape index (κ1) is 22.0. The fraction of sp³-hybridized carbons (Fsp3) is 0.478. The van der Waals surface area contributed by atoms with Crippen molar-refractivity contribution in [1.29, 1.82) is 0 Å². The lowest BCUT2D eigenvalue weighted by Crippen LogP contribution is -2.40. The third-order valence-electron chi connectivity index (χ3n) is 4.97. The molecule has 6 heteroatoms. The second-order valence-electron chi connectivity index (χ2n) is 7.46. The molecule has 0 aliphatic carbocycles. The number of nitrogens with zero attached hydrogens (tertiary/aromatic N) is 1. The Morgan fingerprint density at radius 3 is 2.55 bits per heavy atom. The summed E-state index contributed by atoms with van der Waals surface area (Å²) in [5.41, 5.74) is 3.68. The molecule has 2 aromatic rings. The van der Waals surface area contributed by atoms with Gasteiger partial charge < -0.3 is 19.9 Å². The maximum atomic E-state index is 10.3. The molecule has 2 N–H and O–H groups in total. The number of rotatable bonds is 10. The van der Waals surface area contributed by atoms with Crippen LogP contribution in [0.1, 0.15) is 16.7 Å². The summed E-state index contributed by atoms with van der Waals surface area (Å²) in [6.45, 7) is 6.68. The summed E-state index contributed by atoms with van der Waals surface area (Å²) in [6.07, 6.45) is -0.501. The van der Waals surface area contributed by atoms with E-state index in [-0.39, 0.29) is 6.61 Å². The highest BCUT2D eigenvalue weighted by Crippen LogP contribution is 2.28. The van der Waals surface area contributed by atoms with Crippen LogP contribution in [0.2, 0.25) is 0 Å². The molecule has 0 amide bonds. The fourth-order valence-electron chi connectivity index (χ4n) is 3.43. The molecule has 1 saturated heterocycles. The molecule has 158 valence electrons. The van der Waals surface area contributed by atoms with E-state index in [2.05, 4.69) is 41.4 Å². The van der Waals surface area contributed by atoms with E-state index in [9.17, 15) is 5.11 Å². The van der Waals surface area contributed by atoms with Gasteiger partial charge in [0.15, 0.2) is 11.5 Å². The van der Waals surface area contributed by atoms with Crippen LogP contribution >= 0.6 is 11.8 Å². The molecule has 1 aliphatic heterocycles. The summed E-state index contributed by atoms with van der Waals surface area (Å²) in [5.74, 6) is 3.64. The summed E-state index contributed by atoms with van der Waals surface area (Å²) in [6, 6.07) is 14.5. The van der Waals surface area contributed by atoms with Crippen molar-refractivity contribution in [2.75, 3.05) is 44.9 Å². The van der Waals surface area contributed by atoms with E-state index in [0.717, 1.165) is 43.2 Å². The van der Waals surface area contributed by atoms with Crippen molar-refractivity contribution in [1.82, 2.24) is 10.2 Å². The number of thioether (sulfide) groups is 1. The molecule has 0 radical (unpaired) electrons. The van der Waals surface area contributed by atoms with Gasteiger partial charge in [0.25, 0.3) is 0 Å². The third-order valence-corrected chi connectivity index (χ3v) is 5.92. The maximum Gasteiger partial charge on any atom is 0.161 e. The minimum Gasteiger partial charge on any atom is -0.493 e. The first-order valence-corrected chi connectivity index (χ1v) is 11.3. The van der Waals surface area contributed by atoms with E-state index in [1.807, 2.05) is 30.0 Å². The first-order chi connectivity index (χ1) is 14.1. The maximum absolute atomic E-state index is 10.3. The van der Waals surface area contributed by atoms with Gasteiger partial charge in [-0.1, -0.05) is 35.9 Å². The molecule has 0 bridgehead atoms. The van der Waals surface area contributed by atoms with Crippen molar-refractivity contribution >= 4 is 11.8 Å². The topological polar surface area (TPSA) is 54.0 Å². The molecule has 3 rings (SSSR count). The highest BCUT2D eigenvalue weighted by atomic mass is 32.2. The molecule has 0 saturated carbocycles. The minimum absolute atomic E-state index is 0.269. The predicted octanol–water partition coefficient (Wildman–Crippen LogP) is 3.08. The lowest BCUT2D eigenvalue weighted by Gasteiger charge is -2.28. The average molecular weight is 417 g/mol. The first-order valence-electron chi connectivity index (χ1n) is 10.2. The van der Waals surface area contributed by atoms with Gasteiger partial charge in [0.1, 0.15) is 12.7 Å². The van der Waals surface area contributed by atoms with Crippen LogP contribution in [0, 0.1) is 6.92 Å². The smallest absolute Gasteiger partial charge is 0.161 e. The summed E-state index contributed by atoms with van der Waals surface area (Å²) < 4.78 is 11.3. The monoisotopic (exact) mass is 416 g/mol. The summed E-state index contributed by atoms with van der Waals surface area (Å²) in [7, 11) is 1.65. The van der Waals surface area contributed by atoms with Crippen LogP contribution in [-0.4, -0.2) is 61.0 Å². The summed E-state index contributed by atoms with van der Waals surface area (Å²) in [4.78, 5) is 2.30. The Hall–Kier alpha value is -1.73. The van der Waals surface area contributed by atoms with Gasteiger partial charge in [-0.2, -0.15) is 11.8 Å². The fourth-order valence-corrected chi connectivity index (χ4v) is 4.41. The number of ether oxygens (including phenoxy) is 2. The van der Waals surface area contributed by atoms with Crippen molar-refractivity contribution in [2.24, 2.45) is 0 Å². The van der Waals surface area contributed by atoms with Gasteiger partial charge >= 0.3 is 0 Å². The van der Waals surface area contributed by atoms with Crippen LogP contribution in [0.25, 0.3) is 0 Å². The molecule has 1 fully saturated rings. The van der Waals surface area contributed by atoms with Crippen molar-refractivity contribution in [3.63, 3.8) is 0 Å². The van der Waals surface area contributed by atoms with E-state index in [4.69, 9.17) is 9.47 Å². The number of aliphatic hydroxyl groups is 1. The largest absolute Gasteiger partial charge is 0.493 e. The molecule has 0 unspecified atom stereocenters. The van der Waals surface area contributed by atoms with Crippen LogP contribution < -0.4 is 14.8 Å². The zero-order valence-electron chi connectivity index (χ0n) is 17.4. The lowest BCUT2D eigenvalue weighted by atomic mass is 10.1. The van der Waals surface area contributed by atoms with Crippen LogP contribution in [0.15, 0.2) is 42.5 Å². The molecular formula is C23H32N2O3S. The number of hydrogen-bond donors (Lipinski definition) is 2. The second-order valence-corrected chi connectivity index (χ2v) is 8.68. The lowest BCUT2D eigenvalue weighted by molar-refractivity contribution is 0.0705. The normalized spacial score (nSPS) is 15.8. The number of hydrogen-bond acceptors (Lipinski definition) is 6. The molecular weight excluding hydrogens is 384 g/mol. The SMILES string of the molecule is COc1cc(CNCc2cccc(C)c2)ccc1OC[C@@H](O)CN1CCSCC1. The molecule has 1 aliphatic rings. The van der Waals surface area contributed by atoms with Crippen LogP contribution in [0.4, 0.5) is 0 Å². The number of nitrogens with one attached hydrogen (secondary N) is 1. The van der Waals surface area contributed by atoms with Crippen molar-refractivity contribution < 1.29 is 14.6 Å². The second kappa shape index (κ2) is 11.5. The average Bonchev–Trinajstić information content (AvgIpc) is 2.73. The Labute approximate surface area is 178 Å². The van der Waals surface area contributed by atoms with Gasteiger partial charge in [-0.3, -0.25) is 4.90 Å². The molecule has 5 nitrogen and oxygen atoms in total. The Balaban J connectivity index is 1.47. The van der Waals surface area contributed by atoms with E-state index in [1.54, 1.807) is 7.11 Å². The van der Waals surface area contributed by atoms with E-state index in [0.29, 0.717) is 18.0 Å². The van der Waals surface area contributed by atoms with Crippen LogP contribution in [0.3, 0.4) is 0 Å². The molecule has 2 aromatic carbocycles. The quantitative estimate of drug-likeness (QED) is 0.621. The number of methoxy groups -OCH3 is 1. The zero-order chi connectivity index (χ0) is 20.5. The van der Waals surface area contributed by atoms with Gasteiger partial charge in [-0.25, -0.2) is 0 Å². The molecule has 1 heterocycles. The standard InChI is InChI=1S/C23H32N2O3S/c1-18-4-3-5-19(12-18)14-24-15-20-6-7-22(23(13-20)27-2)28-17-21(26)16-25-8-10-29-11-9-25/h3-7,12-13,21,24,26H,8-11,14-17H2,1-2H3/t21-/m0/s1. The van der Waals surface area contributed by atoms with Gasteiger partial charge in [0, 0.05) is 44.2 Å². The Bertz CT molecular complexity index is 766. The van der Waals surface area contributed by atoms with Gasteiger partial charge in [0.2, 0.25) is 0 Å². The van der Waals surface area contributed by atoms with E-state index >= 15 is 0 Å². The molecule has 1 atom stereocenters. The van der Waals surface area contributed by atoms with Crippen molar-refractivity contribution in [3.05, 3.63) is 59.2 Å².